The van der Waals surface area contributed by atoms with Gasteiger partial charge in [0.05, 0.1) is 4.92 Å². The standard InChI is InChI=1S/C17H15ClN6O2/c1-10-4-2-6-12(8-10)20-16-14(24(25)26)15(19)22-17(23-16)21-13-7-3-5-11(18)9-13/h2-9H,1H3,(H4,19,20,21,22,23). The molecule has 0 aliphatic rings. The van der Waals surface area contributed by atoms with Crippen molar-refractivity contribution in [1.29, 1.82) is 0 Å². The van der Waals surface area contributed by atoms with Gasteiger partial charge in [-0.25, -0.2) is 0 Å². The van der Waals surface area contributed by atoms with Crippen molar-refractivity contribution in [2.24, 2.45) is 0 Å². The van der Waals surface area contributed by atoms with Gasteiger partial charge in [0.1, 0.15) is 0 Å². The van der Waals surface area contributed by atoms with Crippen molar-refractivity contribution in [3.8, 4) is 0 Å². The Bertz CT molecular complexity index is 979. The molecule has 26 heavy (non-hydrogen) atoms. The Morgan fingerprint density at radius 1 is 1.08 bits per heavy atom. The van der Waals surface area contributed by atoms with Crippen LogP contribution in [0.15, 0.2) is 48.5 Å². The summed E-state index contributed by atoms with van der Waals surface area (Å²) in [5.41, 5.74) is 7.69. The zero-order valence-corrected chi connectivity index (χ0v) is 14.5. The summed E-state index contributed by atoms with van der Waals surface area (Å²) in [7, 11) is 0. The Morgan fingerprint density at radius 3 is 2.42 bits per heavy atom. The quantitative estimate of drug-likeness (QED) is 0.449. The molecular formula is C17H15ClN6O2. The molecule has 0 atom stereocenters. The van der Waals surface area contributed by atoms with E-state index in [-0.39, 0.29) is 23.3 Å². The number of aromatic nitrogens is 2. The molecule has 0 amide bonds. The van der Waals surface area contributed by atoms with Crippen molar-refractivity contribution in [3.05, 3.63) is 69.2 Å². The summed E-state index contributed by atoms with van der Waals surface area (Å²) >= 11 is 5.96. The second kappa shape index (κ2) is 7.24. The maximum atomic E-state index is 11.4. The molecule has 2 aromatic carbocycles. The van der Waals surface area contributed by atoms with E-state index in [1.54, 1.807) is 30.3 Å². The summed E-state index contributed by atoms with van der Waals surface area (Å²) in [5.74, 6) is -0.132. The summed E-state index contributed by atoms with van der Waals surface area (Å²) in [5, 5.41) is 17.8. The first-order valence-corrected chi connectivity index (χ1v) is 7.98. The molecule has 0 unspecified atom stereocenters. The predicted molar refractivity (Wildman–Crippen MR) is 102 cm³/mol. The number of nitrogens with two attached hydrogens (primary N) is 1. The van der Waals surface area contributed by atoms with E-state index in [0.29, 0.717) is 16.4 Å². The maximum Gasteiger partial charge on any atom is 0.353 e. The van der Waals surface area contributed by atoms with Gasteiger partial charge in [-0.15, -0.1) is 0 Å². The predicted octanol–water partition coefficient (Wildman–Crippen LogP) is 4.42. The second-order valence-corrected chi connectivity index (χ2v) is 5.95. The minimum Gasteiger partial charge on any atom is -0.378 e. The van der Waals surface area contributed by atoms with Crippen molar-refractivity contribution in [2.75, 3.05) is 16.4 Å². The first kappa shape index (κ1) is 17.4. The molecule has 0 spiro atoms. The monoisotopic (exact) mass is 370 g/mol. The lowest BCUT2D eigenvalue weighted by atomic mass is 10.2. The highest BCUT2D eigenvalue weighted by Crippen LogP contribution is 2.32. The van der Waals surface area contributed by atoms with E-state index in [0.717, 1.165) is 5.56 Å². The van der Waals surface area contributed by atoms with Gasteiger partial charge >= 0.3 is 5.69 Å². The summed E-state index contributed by atoms with van der Waals surface area (Å²) in [6.07, 6.45) is 0. The molecule has 132 valence electrons. The first-order chi connectivity index (χ1) is 12.4. The zero-order chi connectivity index (χ0) is 18.7. The molecule has 0 bridgehead atoms. The topological polar surface area (TPSA) is 119 Å². The Kier molecular flexibility index (Phi) is 4.85. The first-order valence-electron chi connectivity index (χ1n) is 7.60. The Balaban J connectivity index is 2.00. The molecule has 3 rings (SSSR count). The van der Waals surface area contributed by atoms with Crippen LogP contribution in [-0.4, -0.2) is 14.9 Å². The molecule has 0 saturated carbocycles. The molecule has 8 nitrogen and oxygen atoms in total. The van der Waals surface area contributed by atoms with Crippen LogP contribution in [0.25, 0.3) is 0 Å². The van der Waals surface area contributed by atoms with Gasteiger partial charge in [0.2, 0.25) is 17.6 Å². The van der Waals surface area contributed by atoms with E-state index in [1.807, 2.05) is 25.1 Å². The van der Waals surface area contributed by atoms with Crippen LogP contribution in [0.2, 0.25) is 5.02 Å². The second-order valence-electron chi connectivity index (χ2n) is 5.52. The Morgan fingerprint density at radius 2 is 1.77 bits per heavy atom. The van der Waals surface area contributed by atoms with Crippen LogP contribution in [0.5, 0.6) is 0 Å². The largest absolute Gasteiger partial charge is 0.378 e. The van der Waals surface area contributed by atoms with E-state index in [9.17, 15) is 10.1 Å². The summed E-state index contributed by atoms with van der Waals surface area (Å²) in [4.78, 5) is 18.9. The summed E-state index contributed by atoms with van der Waals surface area (Å²) in [6.45, 7) is 1.92. The molecule has 3 aromatic rings. The van der Waals surface area contributed by atoms with Crippen molar-refractivity contribution in [1.82, 2.24) is 9.97 Å². The van der Waals surface area contributed by atoms with Gasteiger partial charge in [-0.1, -0.05) is 29.8 Å². The normalized spacial score (nSPS) is 10.4. The average Bonchev–Trinajstić information content (AvgIpc) is 2.54. The number of nitro groups is 1. The van der Waals surface area contributed by atoms with Crippen LogP contribution in [-0.2, 0) is 0 Å². The number of nitrogens with zero attached hydrogens (tertiary/aromatic N) is 3. The Hall–Kier alpha value is -3.39. The van der Waals surface area contributed by atoms with E-state index in [1.165, 1.54) is 0 Å². The number of hydrogen-bond donors (Lipinski definition) is 3. The lowest BCUT2D eigenvalue weighted by molar-refractivity contribution is -0.383. The number of nitrogen functional groups attached to an aromatic ring is 1. The van der Waals surface area contributed by atoms with E-state index in [4.69, 9.17) is 17.3 Å². The van der Waals surface area contributed by atoms with Gasteiger partial charge in [0, 0.05) is 16.4 Å². The fourth-order valence-electron chi connectivity index (χ4n) is 2.35. The SMILES string of the molecule is Cc1cccc(Nc2nc(Nc3cccc(Cl)c3)nc(N)c2[N+](=O)[O-])c1. The van der Waals surface area contributed by atoms with Crippen molar-refractivity contribution >= 4 is 46.2 Å². The van der Waals surface area contributed by atoms with Crippen LogP contribution >= 0.6 is 11.6 Å². The van der Waals surface area contributed by atoms with Crippen molar-refractivity contribution < 1.29 is 4.92 Å². The van der Waals surface area contributed by atoms with Gasteiger partial charge in [0.15, 0.2) is 0 Å². The molecular weight excluding hydrogens is 356 g/mol. The molecule has 1 aromatic heterocycles. The zero-order valence-electron chi connectivity index (χ0n) is 13.7. The van der Waals surface area contributed by atoms with Crippen LogP contribution in [0, 0.1) is 17.0 Å². The minimum atomic E-state index is -0.614. The van der Waals surface area contributed by atoms with E-state index < -0.39 is 4.92 Å². The highest BCUT2D eigenvalue weighted by molar-refractivity contribution is 6.30. The van der Waals surface area contributed by atoms with Gasteiger partial charge in [-0.3, -0.25) is 10.1 Å². The van der Waals surface area contributed by atoms with Crippen molar-refractivity contribution in [2.45, 2.75) is 6.92 Å². The number of nitrogens with one attached hydrogen (secondary N) is 2. The molecule has 0 aliphatic carbocycles. The maximum absolute atomic E-state index is 11.4. The molecule has 1 heterocycles. The average molecular weight is 371 g/mol. The third kappa shape index (κ3) is 3.98. The molecule has 0 aliphatic heterocycles. The lowest BCUT2D eigenvalue weighted by Crippen LogP contribution is -2.08. The fourth-order valence-corrected chi connectivity index (χ4v) is 2.54. The highest BCUT2D eigenvalue weighted by atomic mass is 35.5. The van der Waals surface area contributed by atoms with E-state index >= 15 is 0 Å². The van der Waals surface area contributed by atoms with Gasteiger partial charge in [-0.05, 0) is 42.8 Å². The number of rotatable bonds is 5. The molecule has 4 N–H and O–H groups in total. The third-order valence-corrected chi connectivity index (χ3v) is 3.69. The molecule has 9 heteroatoms. The van der Waals surface area contributed by atoms with Crippen LogP contribution in [0.3, 0.4) is 0 Å². The third-order valence-electron chi connectivity index (χ3n) is 3.46. The van der Waals surface area contributed by atoms with Crippen LogP contribution < -0.4 is 16.4 Å². The summed E-state index contributed by atoms with van der Waals surface area (Å²) < 4.78 is 0. The Labute approximate surface area is 154 Å². The lowest BCUT2D eigenvalue weighted by Gasteiger charge is -2.11. The smallest absolute Gasteiger partial charge is 0.353 e. The number of hydrogen-bond acceptors (Lipinski definition) is 7. The molecule has 0 radical (unpaired) electrons. The summed E-state index contributed by atoms with van der Waals surface area (Å²) in [6, 6.07) is 14.3. The highest BCUT2D eigenvalue weighted by Gasteiger charge is 2.23. The fraction of sp³-hybridized carbons (Fsp3) is 0.0588. The van der Waals surface area contributed by atoms with E-state index in [2.05, 4.69) is 20.6 Å². The van der Waals surface area contributed by atoms with Gasteiger partial charge in [-0.2, -0.15) is 9.97 Å². The van der Waals surface area contributed by atoms with Crippen molar-refractivity contribution in [3.63, 3.8) is 0 Å². The number of halogens is 1. The molecule has 0 fully saturated rings. The van der Waals surface area contributed by atoms with Crippen LogP contribution in [0.4, 0.5) is 34.6 Å². The van der Waals surface area contributed by atoms with Gasteiger partial charge in [0.25, 0.3) is 0 Å². The number of aryl methyl sites for hydroxylation is 1. The minimum absolute atomic E-state index is 0.00220. The van der Waals surface area contributed by atoms with Gasteiger partial charge < -0.3 is 16.4 Å². The van der Waals surface area contributed by atoms with Crippen LogP contribution in [0.1, 0.15) is 5.56 Å². The number of anilines is 5. The molecule has 0 saturated heterocycles. The number of benzene rings is 2.